The van der Waals surface area contributed by atoms with Gasteiger partial charge in [0.05, 0.1) is 5.41 Å². The van der Waals surface area contributed by atoms with Crippen molar-refractivity contribution in [2.75, 3.05) is 5.75 Å². The highest BCUT2D eigenvalue weighted by Crippen LogP contribution is 2.45. The van der Waals surface area contributed by atoms with Crippen molar-refractivity contribution in [3.63, 3.8) is 0 Å². The molecule has 3 rings (SSSR count). The highest BCUT2D eigenvalue weighted by atomic mass is 32.2. The molecule has 0 unspecified atom stereocenters. The average molecular weight is 262 g/mol. The molecule has 1 aliphatic carbocycles. The van der Waals surface area contributed by atoms with Gasteiger partial charge >= 0.3 is 5.97 Å². The fraction of sp³-hybridized carbons (Fsp3) is 0.533. The summed E-state index contributed by atoms with van der Waals surface area (Å²) in [4.78, 5) is 13.1. The molecule has 0 bridgehead atoms. The van der Waals surface area contributed by atoms with E-state index in [1.165, 1.54) is 16.9 Å². The van der Waals surface area contributed by atoms with E-state index in [1.54, 1.807) is 0 Å². The second kappa shape index (κ2) is 4.61. The molecule has 2 aliphatic rings. The number of rotatable bonds is 2. The van der Waals surface area contributed by atoms with Gasteiger partial charge in [-0.15, -0.1) is 11.8 Å². The minimum Gasteiger partial charge on any atom is -0.481 e. The molecule has 1 saturated carbocycles. The molecule has 1 heterocycles. The molecule has 1 aromatic carbocycles. The van der Waals surface area contributed by atoms with Crippen LogP contribution in [0.1, 0.15) is 43.2 Å². The molecular weight excluding hydrogens is 244 g/mol. The van der Waals surface area contributed by atoms with Crippen LogP contribution in [-0.4, -0.2) is 16.8 Å². The van der Waals surface area contributed by atoms with Gasteiger partial charge in [0.25, 0.3) is 0 Å². The van der Waals surface area contributed by atoms with Gasteiger partial charge in [-0.05, 0) is 48.6 Å². The summed E-state index contributed by atoms with van der Waals surface area (Å²) in [5.74, 6) is 0.542. The zero-order valence-corrected chi connectivity index (χ0v) is 11.3. The number of carboxylic acid groups (broad SMARTS) is 1. The van der Waals surface area contributed by atoms with Crippen LogP contribution in [-0.2, 0) is 16.6 Å². The van der Waals surface area contributed by atoms with Crippen LogP contribution in [0.3, 0.4) is 0 Å². The third kappa shape index (κ3) is 1.76. The summed E-state index contributed by atoms with van der Waals surface area (Å²) in [7, 11) is 0. The van der Waals surface area contributed by atoms with Gasteiger partial charge in [-0.3, -0.25) is 4.79 Å². The Labute approximate surface area is 112 Å². The number of aliphatic carboxylic acids is 1. The number of benzene rings is 1. The van der Waals surface area contributed by atoms with Gasteiger partial charge in [-0.2, -0.15) is 0 Å². The molecule has 1 aliphatic heterocycles. The van der Waals surface area contributed by atoms with E-state index in [2.05, 4.69) is 12.1 Å². The molecular formula is C15H18O2S. The lowest BCUT2D eigenvalue weighted by Crippen LogP contribution is -2.34. The van der Waals surface area contributed by atoms with Gasteiger partial charge in [-0.1, -0.05) is 25.0 Å². The van der Waals surface area contributed by atoms with Crippen molar-refractivity contribution in [1.82, 2.24) is 0 Å². The van der Waals surface area contributed by atoms with Crippen LogP contribution < -0.4 is 0 Å². The molecule has 1 fully saturated rings. The normalized spacial score (nSPS) is 21.6. The highest BCUT2D eigenvalue weighted by Gasteiger charge is 2.44. The maximum absolute atomic E-state index is 11.8. The van der Waals surface area contributed by atoms with Crippen molar-refractivity contribution in [2.45, 2.75) is 48.8 Å². The second-order valence-corrected chi connectivity index (χ2v) is 6.47. The van der Waals surface area contributed by atoms with Crippen LogP contribution in [0.15, 0.2) is 23.1 Å². The van der Waals surface area contributed by atoms with Gasteiger partial charge < -0.3 is 5.11 Å². The van der Waals surface area contributed by atoms with Gasteiger partial charge in [0, 0.05) is 4.90 Å². The monoisotopic (exact) mass is 262 g/mol. The zero-order chi connectivity index (χ0) is 12.6. The maximum atomic E-state index is 11.8. The summed E-state index contributed by atoms with van der Waals surface area (Å²) in [5.41, 5.74) is 1.83. The van der Waals surface area contributed by atoms with E-state index in [9.17, 15) is 9.90 Å². The van der Waals surface area contributed by atoms with E-state index in [1.807, 2.05) is 17.8 Å². The molecule has 2 nitrogen and oxygen atoms in total. The molecule has 1 aromatic rings. The van der Waals surface area contributed by atoms with Crippen LogP contribution >= 0.6 is 11.8 Å². The SMILES string of the molecule is O=C(O)C1(c2cccc3c2CCCS3)CCCC1. The topological polar surface area (TPSA) is 37.3 Å². The number of carboxylic acids is 1. The predicted octanol–water partition coefficient (Wildman–Crippen LogP) is 3.62. The number of fused-ring (bicyclic) bond motifs is 1. The lowest BCUT2D eigenvalue weighted by molar-refractivity contribution is -0.143. The third-order valence-corrected chi connectivity index (χ3v) is 5.53. The maximum Gasteiger partial charge on any atom is 0.314 e. The Hall–Kier alpha value is -0.960. The minimum absolute atomic E-state index is 0.594. The van der Waals surface area contributed by atoms with Crippen molar-refractivity contribution < 1.29 is 9.90 Å². The van der Waals surface area contributed by atoms with E-state index < -0.39 is 11.4 Å². The predicted molar refractivity (Wildman–Crippen MR) is 73.3 cm³/mol. The molecule has 0 radical (unpaired) electrons. The fourth-order valence-corrected chi connectivity index (χ4v) is 4.48. The lowest BCUT2D eigenvalue weighted by atomic mass is 9.76. The van der Waals surface area contributed by atoms with Crippen molar-refractivity contribution in [1.29, 1.82) is 0 Å². The first-order valence-corrected chi connectivity index (χ1v) is 7.71. The zero-order valence-electron chi connectivity index (χ0n) is 10.4. The summed E-state index contributed by atoms with van der Waals surface area (Å²) in [6.07, 6.45) is 5.93. The van der Waals surface area contributed by atoms with Crippen molar-refractivity contribution in [2.24, 2.45) is 0 Å². The summed E-state index contributed by atoms with van der Waals surface area (Å²) in [5, 5.41) is 9.71. The molecule has 0 atom stereocenters. The Bertz CT molecular complexity index is 475. The third-order valence-electron chi connectivity index (χ3n) is 4.34. The van der Waals surface area contributed by atoms with E-state index >= 15 is 0 Å². The average Bonchev–Trinajstić information content (AvgIpc) is 2.88. The first-order chi connectivity index (χ1) is 8.74. The molecule has 0 aromatic heterocycles. The quantitative estimate of drug-likeness (QED) is 0.884. The molecule has 0 amide bonds. The summed E-state index contributed by atoms with van der Waals surface area (Å²) in [6, 6.07) is 6.24. The van der Waals surface area contributed by atoms with Gasteiger partial charge in [0.2, 0.25) is 0 Å². The largest absolute Gasteiger partial charge is 0.481 e. The number of thioether (sulfide) groups is 1. The van der Waals surface area contributed by atoms with Crippen LogP contribution in [0, 0.1) is 0 Å². The van der Waals surface area contributed by atoms with Gasteiger partial charge in [-0.25, -0.2) is 0 Å². The minimum atomic E-state index is -0.621. The van der Waals surface area contributed by atoms with Crippen molar-refractivity contribution in [3.8, 4) is 0 Å². The Kier molecular flexibility index (Phi) is 3.10. The number of hydrogen-bond donors (Lipinski definition) is 1. The Morgan fingerprint density at radius 2 is 2.00 bits per heavy atom. The van der Waals surface area contributed by atoms with Crippen molar-refractivity contribution >= 4 is 17.7 Å². The molecule has 18 heavy (non-hydrogen) atoms. The van der Waals surface area contributed by atoms with Gasteiger partial charge in [0.15, 0.2) is 0 Å². The van der Waals surface area contributed by atoms with E-state index in [0.717, 1.165) is 43.4 Å². The van der Waals surface area contributed by atoms with Crippen LogP contribution in [0.4, 0.5) is 0 Å². The molecule has 3 heteroatoms. The highest BCUT2D eigenvalue weighted by molar-refractivity contribution is 7.99. The summed E-state index contributed by atoms with van der Waals surface area (Å²) >= 11 is 1.88. The molecule has 96 valence electrons. The molecule has 1 N–H and O–H groups in total. The summed E-state index contributed by atoms with van der Waals surface area (Å²) < 4.78 is 0. The van der Waals surface area contributed by atoms with Crippen LogP contribution in [0.25, 0.3) is 0 Å². The van der Waals surface area contributed by atoms with E-state index in [4.69, 9.17) is 0 Å². The van der Waals surface area contributed by atoms with Crippen LogP contribution in [0.5, 0.6) is 0 Å². The first-order valence-electron chi connectivity index (χ1n) is 6.73. The Balaban J connectivity index is 2.13. The number of hydrogen-bond acceptors (Lipinski definition) is 2. The molecule has 0 saturated heterocycles. The molecule has 0 spiro atoms. The second-order valence-electron chi connectivity index (χ2n) is 5.33. The standard InChI is InChI=1S/C15H18O2S/c16-14(17)15(8-1-2-9-15)12-6-3-7-13-11(12)5-4-10-18-13/h3,6-7H,1-2,4-5,8-10H2,(H,16,17). The van der Waals surface area contributed by atoms with Crippen LogP contribution in [0.2, 0.25) is 0 Å². The van der Waals surface area contributed by atoms with E-state index in [-0.39, 0.29) is 0 Å². The van der Waals surface area contributed by atoms with Gasteiger partial charge in [0.1, 0.15) is 0 Å². The smallest absolute Gasteiger partial charge is 0.314 e. The Morgan fingerprint density at radius 3 is 2.72 bits per heavy atom. The fourth-order valence-electron chi connectivity index (χ4n) is 3.42. The van der Waals surface area contributed by atoms with Crippen molar-refractivity contribution in [3.05, 3.63) is 29.3 Å². The first kappa shape index (κ1) is 12.1. The Morgan fingerprint density at radius 1 is 1.22 bits per heavy atom. The van der Waals surface area contributed by atoms with E-state index in [0.29, 0.717) is 0 Å². The summed E-state index contributed by atoms with van der Waals surface area (Å²) in [6.45, 7) is 0. The lowest BCUT2D eigenvalue weighted by Gasteiger charge is -2.29. The number of carbonyl (C=O) groups is 1.